The zero-order valence-electron chi connectivity index (χ0n) is 14.4. The number of hydrogen-bond donors (Lipinski definition) is 1. The van der Waals surface area contributed by atoms with Gasteiger partial charge in [-0.2, -0.15) is 0 Å². The molecule has 0 bridgehead atoms. The Morgan fingerprint density at radius 1 is 1.43 bits per heavy atom. The Hall–Kier alpha value is -1.59. The van der Waals surface area contributed by atoms with E-state index in [-0.39, 0.29) is 12.0 Å². The molecule has 1 atom stereocenters. The van der Waals surface area contributed by atoms with Crippen molar-refractivity contribution in [3.8, 4) is 5.75 Å². The SMILES string of the molecule is Cc1ccc(NC(=O)CC[C@@H]2CCCO2)c(OCCN(C)C)c1. The molecule has 1 aromatic carbocycles. The van der Waals surface area contributed by atoms with Crippen molar-refractivity contribution in [3.05, 3.63) is 23.8 Å². The lowest BCUT2D eigenvalue weighted by atomic mass is 10.1. The first-order valence-corrected chi connectivity index (χ1v) is 8.34. The lowest BCUT2D eigenvalue weighted by Crippen LogP contribution is -2.20. The van der Waals surface area contributed by atoms with E-state index in [0.717, 1.165) is 49.4 Å². The predicted octanol–water partition coefficient (Wildman–Crippen LogP) is 2.83. The van der Waals surface area contributed by atoms with E-state index in [1.54, 1.807) is 0 Å². The van der Waals surface area contributed by atoms with E-state index in [9.17, 15) is 4.79 Å². The Kier molecular flexibility index (Phi) is 6.86. The van der Waals surface area contributed by atoms with Gasteiger partial charge >= 0.3 is 0 Å². The number of nitrogens with zero attached hydrogens (tertiary/aromatic N) is 1. The molecule has 1 fully saturated rings. The van der Waals surface area contributed by atoms with E-state index in [1.165, 1.54) is 0 Å². The summed E-state index contributed by atoms with van der Waals surface area (Å²) in [5.74, 6) is 0.749. The molecule has 0 spiro atoms. The fourth-order valence-corrected chi connectivity index (χ4v) is 2.57. The first kappa shape index (κ1) is 17.8. The molecule has 2 rings (SSSR count). The number of ether oxygens (including phenoxy) is 2. The predicted molar refractivity (Wildman–Crippen MR) is 92.1 cm³/mol. The lowest BCUT2D eigenvalue weighted by molar-refractivity contribution is -0.116. The molecular weight excluding hydrogens is 292 g/mol. The molecule has 0 saturated carbocycles. The lowest BCUT2D eigenvalue weighted by Gasteiger charge is -2.16. The Labute approximate surface area is 139 Å². The third kappa shape index (κ3) is 6.20. The van der Waals surface area contributed by atoms with Gasteiger partial charge in [0.1, 0.15) is 12.4 Å². The fourth-order valence-electron chi connectivity index (χ4n) is 2.57. The Bertz CT molecular complexity index is 511. The first-order valence-electron chi connectivity index (χ1n) is 8.34. The van der Waals surface area contributed by atoms with Crippen LogP contribution in [-0.2, 0) is 9.53 Å². The van der Waals surface area contributed by atoms with Gasteiger partial charge in [0.15, 0.2) is 0 Å². The number of aryl methyl sites for hydroxylation is 1. The molecule has 5 nitrogen and oxygen atoms in total. The van der Waals surface area contributed by atoms with Gasteiger partial charge in [-0.05, 0) is 58.0 Å². The van der Waals surface area contributed by atoms with Gasteiger partial charge < -0.3 is 19.7 Å². The van der Waals surface area contributed by atoms with Crippen LogP contribution in [0.2, 0.25) is 0 Å². The second kappa shape index (κ2) is 8.89. The van der Waals surface area contributed by atoms with Gasteiger partial charge in [-0.3, -0.25) is 4.79 Å². The molecule has 1 aliphatic rings. The highest BCUT2D eigenvalue weighted by molar-refractivity contribution is 5.92. The Morgan fingerprint density at radius 3 is 2.96 bits per heavy atom. The molecule has 1 heterocycles. The second-order valence-corrected chi connectivity index (χ2v) is 6.37. The fraction of sp³-hybridized carbons (Fsp3) is 0.611. The van der Waals surface area contributed by atoms with Gasteiger partial charge in [0, 0.05) is 19.6 Å². The number of anilines is 1. The van der Waals surface area contributed by atoms with Crippen molar-refractivity contribution >= 4 is 11.6 Å². The zero-order valence-corrected chi connectivity index (χ0v) is 14.4. The molecule has 23 heavy (non-hydrogen) atoms. The monoisotopic (exact) mass is 320 g/mol. The first-order chi connectivity index (χ1) is 11.0. The maximum absolute atomic E-state index is 12.2. The van der Waals surface area contributed by atoms with E-state index in [1.807, 2.05) is 39.2 Å². The number of hydrogen-bond acceptors (Lipinski definition) is 4. The van der Waals surface area contributed by atoms with E-state index in [4.69, 9.17) is 9.47 Å². The third-order valence-electron chi connectivity index (χ3n) is 3.92. The summed E-state index contributed by atoms with van der Waals surface area (Å²) in [7, 11) is 4.01. The third-order valence-corrected chi connectivity index (χ3v) is 3.92. The number of rotatable bonds is 8. The van der Waals surface area contributed by atoms with Crippen LogP contribution < -0.4 is 10.1 Å². The van der Waals surface area contributed by atoms with Crippen molar-refractivity contribution in [3.63, 3.8) is 0 Å². The van der Waals surface area contributed by atoms with E-state index in [2.05, 4.69) is 10.2 Å². The van der Waals surface area contributed by atoms with Crippen molar-refractivity contribution in [1.82, 2.24) is 4.90 Å². The minimum absolute atomic E-state index is 0.0156. The number of carbonyl (C=O) groups excluding carboxylic acids is 1. The van der Waals surface area contributed by atoms with Crippen LogP contribution >= 0.6 is 0 Å². The highest BCUT2D eigenvalue weighted by Gasteiger charge is 2.17. The maximum atomic E-state index is 12.2. The largest absolute Gasteiger partial charge is 0.490 e. The van der Waals surface area contributed by atoms with Crippen LogP contribution in [0.15, 0.2) is 18.2 Å². The molecule has 1 aromatic rings. The summed E-state index contributed by atoms with van der Waals surface area (Å²) in [6.07, 6.45) is 3.68. The van der Waals surface area contributed by atoms with Gasteiger partial charge in [0.25, 0.3) is 0 Å². The van der Waals surface area contributed by atoms with Crippen molar-refractivity contribution in [2.24, 2.45) is 0 Å². The number of likely N-dealkylation sites (N-methyl/N-ethyl adjacent to an activating group) is 1. The molecule has 0 unspecified atom stereocenters. The molecule has 0 aliphatic carbocycles. The topological polar surface area (TPSA) is 50.8 Å². The summed E-state index contributed by atoms with van der Waals surface area (Å²) in [4.78, 5) is 14.2. The quantitative estimate of drug-likeness (QED) is 0.800. The highest BCUT2D eigenvalue weighted by atomic mass is 16.5. The van der Waals surface area contributed by atoms with E-state index >= 15 is 0 Å². The Morgan fingerprint density at radius 2 is 2.26 bits per heavy atom. The summed E-state index contributed by atoms with van der Waals surface area (Å²) in [6.45, 7) is 4.27. The molecule has 1 aliphatic heterocycles. The molecule has 0 aromatic heterocycles. The average molecular weight is 320 g/mol. The molecule has 1 amide bonds. The highest BCUT2D eigenvalue weighted by Crippen LogP contribution is 2.26. The van der Waals surface area contributed by atoms with Crippen LogP contribution in [0.25, 0.3) is 0 Å². The van der Waals surface area contributed by atoms with Crippen LogP contribution in [0.5, 0.6) is 5.75 Å². The van der Waals surface area contributed by atoms with E-state index < -0.39 is 0 Å². The van der Waals surface area contributed by atoms with Crippen LogP contribution in [0, 0.1) is 6.92 Å². The molecular formula is C18H28N2O3. The van der Waals surface area contributed by atoms with Crippen LogP contribution in [0.1, 0.15) is 31.2 Å². The van der Waals surface area contributed by atoms with E-state index in [0.29, 0.717) is 13.0 Å². The number of benzene rings is 1. The minimum atomic E-state index is 0.0156. The van der Waals surface area contributed by atoms with Crippen molar-refractivity contribution < 1.29 is 14.3 Å². The zero-order chi connectivity index (χ0) is 16.7. The molecule has 128 valence electrons. The summed E-state index contributed by atoms with van der Waals surface area (Å²) in [5, 5.41) is 2.97. The number of carbonyl (C=O) groups is 1. The second-order valence-electron chi connectivity index (χ2n) is 6.37. The number of amides is 1. The van der Waals surface area contributed by atoms with Gasteiger partial charge in [0.2, 0.25) is 5.91 Å². The summed E-state index contributed by atoms with van der Waals surface area (Å²) in [6, 6.07) is 5.85. The standard InChI is InChI=1S/C18H28N2O3/c1-14-6-8-16(17(13-14)23-12-10-20(2)3)19-18(21)9-7-15-5-4-11-22-15/h6,8,13,15H,4-5,7,9-12H2,1-3H3,(H,19,21)/t15-/m0/s1. The van der Waals surface area contributed by atoms with Crippen molar-refractivity contribution in [2.75, 3.05) is 39.2 Å². The van der Waals surface area contributed by atoms with Gasteiger partial charge in [-0.15, -0.1) is 0 Å². The van der Waals surface area contributed by atoms with Gasteiger partial charge in [0.05, 0.1) is 11.8 Å². The van der Waals surface area contributed by atoms with Crippen LogP contribution in [0.4, 0.5) is 5.69 Å². The molecule has 0 radical (unpaired) electrons. The molecule has 5 heteroatoms. The van der Waals surface area contributed by atoms with Crippen LogP contribution in [-0.4, -0.2) is 50.8 Å². The summed E-state index contributed by atoms with van der Waals surface area (Å²) >= 11 is 0. The minimum Gasteiger partial charge on any atom is -0.490 e. The van der Waals surface area contributed by atoms with Gasteiger partial charge in [-0.1, -0.05) is 6.07 Å². The number of nitrogens with one attached hydrogen (secondary N) is 1. The van der Waals surface area contributed by atoms with Crippen LogP contribution in [0.3, 0.4) is 0 Å². The maximum Gasteiger partial charge on any atom is 0.224 e. The molecule has 1 saturated heterocycles. The summed E-state index contributed by atoms with van der Waals surface area (Å²) in [5.41, 5.74) is 1.86. The smallest absolute Gasteiger partial charge is 0.224 e. The average Bonchev–Trinajstić information content (AvgIpc) is 3.01. The summed E-state index contributed by atoms with van der Waals surface area (Å²) < 4.78 is 11.4. The van der Waals surface area contributed by atoms with Crippen molar-refractivity contribution in [1.29, 1.82) is 0 Å². The van der Waals surface area contributed by atoms with Gasteiger partial charge in [-0.25, -0.2) is 0 Å². The van der Waals surface area contributed by atoms with Crippen molar-refractivity contribution in [2.45, 2.75) is 38.7 Å². The normalized spacial score (nSPS) is 17.5. The Balaban J connectivity index is 1.88. The molecule has 1 N–H and O–H groups in total.